The maximum atomic E-state index is 13.4. The maximum absolute atomic E-state index is 13.4. The van der Waals surface area contributed by atoms with Gasteiger partial charge in [0.1, 0.15) is 12.2 Å². The number of methoxy groups -OCH3 is 1. The fraction of sp³-hybridized carbons (Fsp3) is 0.345. The summed E-state index contributed by atoms with van der Waals surface area (Å²) in [6, 6.07) is 16.1. The Balaban J connectivity index is 1.71. The number of aliphatic hydroxyl groups is 1. The predicted octanol–water partition coefficient (Wildman–Crippen LogP) is 3.67. The Bertz CT molecular complexity index is 1820. The van der Waals surface area contributed by atoms with Crippen molar-refractivity contribution in [3.63, 3.8) is 0 Å². The van der Waals surface area contributed by atoms with Gasteiger partial charge in [0.2, 0.25) is 0 Å². The monoisotopic (exact) mass is 496 g/mol. The van der Waals surface area contributed by atoms with Gasteiger partial charge >= 0.3 is 0 Å². The molecule has 0 radical (unpaired) electrons. The summed E-state index contributed by atoms with van der Waals surface area (Å²) in [6.45, 7) is 2.55. The molecule has 5 aromatic rings. The van der Waals surface area contributed by atoms with Crippen molar-refractivity contribution in [1.82, 2.24) is 19.4 Å². The van der Waals surface area contributed by atoms with Crippen LogP contribution in [0.5, 0.6) is 0 Å². The summed E-state index contributed by atoms with van der Waals surface area (Å²) in [6.07, 6.45) is -2.03. The van der Waals surface area contributed by atoms with E-state index in [0.717, 1.165) is 54.7 Å². The van der Waals surface area contributed by atoms with Gasteiger partial charge < -0.3 is 33.9 Å². The number of amides is 1. The van der Waals surface area contributed by atoms with Gasteiger partial charge in [0.25, 0.3) is 5.91 Å². The van der Waals surface area contributed by atoms with E-state index in [2.05, 4.69) is 45.6 Å². The number of fused-ring (bicyclic) bond motifs is 13. The van der Waals surface area contributed by atoms with E-state index in [0.29, 0.717) is 6.54 Å². The minimum Gasteiger partial charge on any atom is -0.387 e. The second-order valence-corrected chi connectivity index (χ2v) is 10.9. The third kappa shape index (κ3) is 2.32. The molecule has 5 atom stereocenters. The molecule has 3 aliphatic rings. The van der Waals surface area contributed by atoms with Gasteiger partial charge in [-0.25, -0.2) is 0 Å². The summed E-state index contributed by atoms with van der Waals surface area (Å²) in [5.41, 5.74) is 4.69. The van der Waals surface area contributed by atoms with Crippen LogP contribution in [0.3, 0.4) is 0 Å². The van der Waals surface area contributed by atoms with Crippen molar-refractivity contribution in [3.05, 3.63) is 59.7 Å². The quantitative estimate of drug-likeness (QED) is 0.390. The number of aliphatic hydroxyl groups excluding tert-OH is 1. The summed E-state index contributed by atoms with van der Waals surface area (Å²) >= 11 is 0. The van der Waals surface area contributed by atoms with E-state index in [9.17, 15) is 9.90 Å². The van der Waals surface area contributed by atoms with Crippen LogP contribution < -0.4 is 5.32 Å². The lowest BCUT2D eigenvalue weighted by molar-refractivity contribution is -0.300. The van der Waals surface area contributed by atoms with E-state index >= 15 is 0 Å². The third-order valence-electron chi connectivity index (χ3n) is 8.90. The normalized spacial score (nSPS) is 28.6. The van der Waals surface area contributed by atoms with Crippen LogP contribution in [-0.2, 0) is 21.7 Å². The number of hydrogen-bond donors (Lipinski definition) is 2. The van der Waals surface area contributed by atoms with Crippen molar-refractivity contribution in [1.29, 1.82) is 0 Å². The highest BCUT2D eigenvalue weighted by Gasteiger charge is 2.57. The first-order valence-corrected chi connectivity index (χ1v) is 12.7. The number of nitrogens with zero attached hydrogens (tertiary/aromatic N) is 3. The zero-order valence-electron chi connectivity index (χ0n) is 21.1. The third-order valence-corrected chi connectivity index (χ3v) is 8.90. The van der Waals surface area contributed by atoms with Crippen LogP contribution in [0.15, 0.2) is 48.5 Å². The second kappa shape index (κ2) is 6.90. The molecule has 37 heavy (non-hydrogen) atoms. The van der Waals surface area contributed by atoms with Crippen molar-refractivity contribution in [2.75, 3.05) is 21.2 Å². The highest BCUT2D eigenvalue weighted by atomic mass is 16.6. The fourth-order valence-corrected chi connectivity index (χ4v) is 7.57. The fourth-order valence-electron chi connectivity index (χ4n) is 7.57. The zero-order valence-corrected chi connectivity index (χ0v) is 21.1. The number of nitrogens with one attached hydrogen (secondary N) is 1. The average Bonchev–Trinajstić information content (AvgIpc) is 3.52. The van der Waals surface area contributed by atoms with Crippen LogP contribution in [0.2, 0.25) is 0 Å². The summed E-state index contributed by atoms with van der Waals surface area (Å²) in [4.78, 5) is 15.4. The van der Waals surface area contributed by atoms with Crippen LogP contribution in [-0.4, -0.2) is 64.5 Å². The molecular formula is C29H28N4O4. The van der Waals surface area contributed by atoms with Gasteiger partial charge in [-0.1, -0.05) is 36.4 Å². The number of benzene rings is 3. The molecule has 1 amide bonds. The molecular weight excluding hydrogens is 468 g/mol. The molecule has 8 rings (SSSR count). The minimum atomic E-state index is -0.938. The minimum absolute atomic E-state index is 0.0579. The van der Waals surface area contributed by atoms with Gasteiger partial charge in [0, 0.05) is 35.2 Å². The predicted molar refractivity (Wildman–Crippen MR) is 142 cm³/mol. The van der Waals surface area contributed by atoms with Crippen molar-refractivity contribution in [2.45, 2.75) is 43.7 Å². The molecule has 5 heterocycles. The lowest BCUT2D eigenvalue weighted by atomic mass is 9.90. The summed E-state index contributed by atoms with van der Waals surface area (Å²) in [5.74, 6) is -0.0579. The molecule has 0 saturated carbocycles. The number of aromatic nitrogens is 2. The molecule has 0 aliphatic carbocycles. The van der Waals surface area contributed by atoms with Crippen LogP contribution in [0.25, 0.3) is 43.6 Å². The molecule has 5 unspecified atom stereocenters. The lowest BCUT2D eigenvalue weighted by Crippen LogP contribution is -2.65. The molecule has 2 bridgehead atoms. The van der Waals surface area contributed by atoms with Gasteiger partial charge in [-0.15, -0.1) is 0 Å². The SMILES string of the molecule is COC1C(N(C)C)C(O)C2OC1(C)n1c3ccccc3c3c4c(c5c6ccccc6n2c5c31)C(=O)NC4. The molecule has 8 nitrogen and oxygen atoms in total. The summed E-state index contributed by atoms with van der Waals surface area (Å²) in [5, 5.41) is 19.0. The number of carbonyl (C=O) groups is 1. The molecule has 3 aromatic carbocycles. The van der Waals surface area contributed by atoms with E-state index < -0.39 is 24.2 Å². The molecule has 188 valence electrons. The zero-order chi connectivity index (χ0) is 25.4. The van der Waals surface area contributed by atoms with Gasteiger partial charge in [-0.05, 0) is 38.7 Å². The van der Waals surface area contributed by atoms with Gasteiger partial charge in [0.05, 0.1) is 33.7 Å². The van der Waals surface area contributed by atoms with Gasteiger partial charge in [0.15, 0.2) is 12.0 Å². The topological polar surface area (TPSA) is 80.9 Å². The first-order valence-electron chi connectivity index (χ1n) is 12.7. The van der Waals surface area contributed by atoms with Crippen molar-refractivity contribution in [2.24, 2.45) is 0 Å². The highest BCUT2D eigenvalue weighted by Crippen LogP contribution is 2.54. The number of carbonyl (C=O) groups excluding carboxylic acids is 1. The molecule has 8 heteroatoms. The van der Waals surface area contributed by atoms with Gasteiger partial charge in [-0.2, -0.15) is 0 Å². The number of rotatable bonds is 2. The first-order chi connectivity index (χ1) is 17.9. The number of hydrogen-bond acceptors (Lipinski definition) is 5. The van der Waals surface area contributed by atoms with E-state index in [1.807, 2.05) is 43.3 Å². The van der Waals surface area contributed by atoms with Crippen molar-refractivity contribution < 1.29 is 19.4 Å². The van der Waals surface area contributed by atoms with E-state index in [-0.39, 0.29) is 11.9 Å². The Labute approximate surface area is 212 Å². The average molecular weight is 497 g/mol. The Morgan fingerprint density at radius 3 is 2.43 bits per heavy atom. The molecule has 2 aromatic heterocycles. The Kier molecular flexibility index (Phi) is 4.04. The largest absolute Gasteiger partial charge is 0.387 e. The molecule has 0 spiro atoms. The van der Waals surface area contributed by atoms with Crippen LogP contribution in [0.1, 0.15) is 29.1 Å². The molecule has 1 fully saturated rings. The number of para-hydroxylation sites is 2. The second-order valence-electron chi connectivity index (χ2n) is 10.9. The molecule has 3 aliphatic heterocycles. The smallest absolute Gasteiger partial charge is 0.252 e. The lowest BCUT2D eigenvalue weighted by Gasteiger charge is -2.52. The number of ether oxygens (including phenoxy) is 2. The Hall–Kier alpha value is -3.43. The van der Waals surface area contributed by atoms with E-state index in [1.165, 1.54) is 0 Å². The Morgan fingerprint density at radius 1 is 1.05 bits per heavy atom. The highest BCUT2D eigenvalue weighted by molar-refractivity contribution is 6.31. The number of likely N-dealkylation sites (N-methyl/N-ethyl adjacent to an activating group) is 1. The summed E-state index contributed by atoms with van der Waals surface area (Å²) < 4.78 is 17.6. The summed E-state index contributed by atoms with van der Waals surface area (Å²) in [7, 11) is 5.63. The van der Waals surface area contributed by atoms with Crippen LogP contribution in [0.4, 0.5) is 0 Å². The van der Waals surface area contributed by atoms with E-state index in [4.69, 9.17) is 9.47 Å². The van der Waals surface area contributed by atoms with Crippen molar-refractivity contribution >= 4 is 49.5 Å². The van der Waals surface area contributed by atoms with Crippen molar-refractivity contribution in [3.8, 4) is 0 Å². The maximum Gasteiger partial charge on any atom is 0.252 e. The van der Waals surface area contributed by atoms with Crippen LogP contribution in [0, 0.1) is 0 Å². The van der Waals surface area contributed by atoms with Crippen LogP contribution >= 0.6 is 0 Å². The Morgan fingerprint density at radius 2 is 1.73 bits per heavy atom. The molecule has 2 N–H and O–H groups in total. The van der Waals surface area contributed by atoms with E-state index in [1.54, 1.807) is 7.11 Å². The molecule has 1 saturated heterocycles. The standard InChI is InChI=1S/C29H28N4O4/c1-29-26(36-4)24(31(2)3)25(34)28(37-29)32-17-11-7-5-9-14(17)20-21-16(13-30-27(21)35)19-15-10-6-8-12-18(15)33(29)23(19)22(20)32/h5-12,24-26,28,34H,13H2,1-4H3,(H,30,35). The van der Waals surface area contributed by atoms with Gasteiger partial charge in [-0.3, -0.25) is 4.79 Å². The first kappa shape index (κ1) is 21.6.